The molecule has 0 spiro atoms. The molecule has 1 aromatic heterocycles. The summed E-state index contributed by atoms with van der Waals surface area (Å²) in [6.45, 7) is 4.39. The van der Waals surface area contributed by atoms with Crippen LogP contribution in [0.5, 0.6) is 0 Å². The van der Waals surface area contributed by atoms with Gasteiger partial charge in [-0.05, 0) is 13.3 Å². The smallest absolute Gasteiger partial charge is 0.332 e. The van der Waals surface area contributed by atoms with Crippen molar-refractivity contribution >= 4 is 17.5 Å². The van der Waals surface area contributed by atoms with Gasteiger partial charge in [-0.25, -0.2) is 10.8 Å². The molecule has 0 radical (unpaired) electrons. The lowest BCUT2D eigenvalue weighted by atomic mass is 10.1. The second-order valence-electron chi connectivity index (χ2n) is 4.93. The fraction of sp³-hybridized carbons (Fsp3) is 0.692. The number of aromatic nitrogens is 2. The van der Waals surface area contributed by atoms with Crippen molar-refractivity contribution in [2.24, 2.45) is 5.84 Å². The molecule has 0 saturated heterocycles. The Bertz CT molecular complexity index is 466. The standard InChI is InChI=1S/C13H24N6O2/c1-3-4-5-6-7-8-9-15-12-11(19(20)21)10(2)16-13(17-12)18-14/h3-9,14H2,1-2H3,(H2,15,16,17,18). The molecular weight excluding hydrogens is 272 g/mol. The number of nitrogens with one attached hydrogen (secondary N) is 2. The molecule has 1 rings (SSSR count). The van der Waals surface area contributed by atoms with Gasteiger partial charge in [0.2, 0.25) is 11.8 Å². The van der Waals surface area contributed by atoms with Crippen LogP contribution < -0.4 is 16.6 Å². The fourth-order valence-corrected chi connectivity index (χ4v) is 2.09. The van der Waals surface area contributed by atoms with Gasteiger partial charge in [-0.15, -0.1) is 0 Å². The number of hydrogen-bond acceptors (Lipinski definition) is 7. The predicted octanol–water partition coefficient (Wildman–Crippen LogP) is 2.75. The molecule has 0 saturated carbocycles. The zero-order valence-electron chi connectivity index (χ0n) is 12.7. The largest absolute Gasteiger partial charge is 0.364 e. The zero-order chi connectivity index (χ0) is 15.7. The van der Waals surface area contributed by atoms with E-state index >= 15 is 0 Å². The average molecular weight is 296 g/mol. The number of nitro groups is 1. The lowest BCUT2D eigenvalue weighted by Gasteiger charge is -2.09. The third kappa shape index (κ3) is 5.50. The van der Waals surface area contributed by atoms with Crippen molar-refractivity contribution in [2.45, 2.75) is 52.4 Å². The summed E-state index contributed by atoms with van der Waals surface area (Å²) < 4.78 is 0. The normalized spacial score (nSPS) is 10.4. The predicted molar refractivity (Wildman–Crippen MR) is 83.1 cm³/mol. The van der Waals surface area contributed by atoms with Crippen LogP contribution >= 0.6 is 0 Å². The van der Waals surface area contributed by atoms with Crippen LogP contribution in [0, 0.1) is 17.0 Å². The van der Waals surface area contributed by atoms with E-state index in [0.29, 0.717) is 6.54 Å². The number of hydrogen-bond donors (Lipinski definition) is 3. The van der Waals surface area contributed by atoms with Crippen LogP contribution in [0.1, 0.15) is 51.1 Å². The summed E-state index contributed by atoms with van der Waals surface area (Å²) in [4.78, 5) is 18.6. The van der Waals surface area contributed by atoms with E-state index in [-0.39, 0.29) is 23.1 Å². The van der Waals surface area contributed by atoms with Crippen molar-refractivity contribution in [1.82, 2.24) is 9.97 Å². The molecule has 4 N–H and O–H groups in total. The molecule has 0 aliphatic rings. The maximum Gasteiger partial charge on any atom is 0.332 e. The molecule has 0 fully saturated rings. The van der Waals surface area contributed by atoms with Crippen molar-refractivity contribution in [2.75, 3.05) is 17.3 Å². The van der Waals surface area contributed by atoms with E-state index in [2.05, 4.69) is 27.6 Å². The number of anilines is 2. The van der Waals surface area contributed by atoms with Crippen LogP contribution in [0.3, 0.4) is 0 Å². The van der Waals surface area contributed by atoms with E-state index in [1.807, 2.05) is 0 Å². The summed E-state index contributed by atoms with van der Waals surface area (Å²) in [5.41, 5.74) is 2.50. The van der Waals surface area contributed by atoms with Gasteiger partial charge in [0.05, 0.1) is 4.92 Å². The molecule has 1 heterocycles. The highest BCUT2D eigenvalue weighted by molar-refractivity contribution is 5.60. The van der Waals surface area contributed by atoms with Gasteiger partial charge >= 0.3 is 5.69 Å². The molecule has 8 nitrogen and oxygen atoms in total. The molecule has 21 heavy (non-hydrogen) atoms. The molecule has 0 bridgehead atoms. The van der Waals surface area contributed by atoms with Gasteiger partial charge in [-0.2, -0.15) is 4.98 Å². The highest BCUT2D eigenvalue weighted by Gasteiger charge is 2.21. The number of nitrogens with zero attached hydrogens (tertiary/aromatic N) is 3. The Hall–Kier alpha value is -1.96. The van der Waals surface area contributed by atoms with Gasteiger partial charge in [-0.1, -0.05) is 39.0 Å². The molecule has 0 aliphatic carbocycles. The Balaban J connectivity index is 2.56. The molecule has 1 aromatic rings. The quantitative estimate of drug-likeness (QED) is 0.263. The first-order valence-electron chi connectivity index (χ1n) is 7.33. The van der Waals surface area contributed by atoms with Crippen molar-refractivity contribution in [3.63, 3.8) is 0 Å². The molecular formula is C13H24N6O2. The maximum atomic E-state index is 11.1. The average Bonchev–Trinajstić information content (AvgIpc) is 2.45. The van der Waals surface area contributed by atoms with Gasteiger partial charge in [0.25, 0.3) is 0 Å². The molecule has 0 atom stereocenters. The van der Waals surface area contributed by atoms with Crippen molar-refractivity contribution < 1.29 is 4.92 Å². The van der Waals surface area contributed by atoms with Crippen LogP contribution in [0.15, 0.2) is 0 Å². The molecule has 0 amide bonds. The second-order valence-corrected chi connectivity index (χ2v) is 4.93. The topological polar surface area (TPSA) is 119 Å². The van der Waals surface area contributed by atoms with Crippen LogP contribution in [0.4, 0.5) is 17.5 Å². The van der Waals surface area contributed by atoms with Gasteiger partial charge in [-0.3, -0.25) is 15.5 Å². The first-order valence-corrected chi connectivity index (χ1v) is 7.33. The van der Waals surface area contributed by atoms with Crippen LogP contribution in [-0.2, 0) is 0 Å². The minimum atomic E-state index is -0.473. The van der Waals surface area contributed by atoms with Crippen molar-refractivity contribution in [1.29, 1.82) is 0 Å². The van der Waals surface area contributed by atoms with Crippen LogP contribution in [0.2, 0.25) is 0 Å². The number of hydrazine groups is 1. The highest BCUT2D eigenvalue weighted by atomic mass is 16.6. The second kappa shape index (κ2) is 9.06. The molecule has 8 heteroatoms. The summed E-state index contributed by atoms with van der Waals surface area (Å²) in [7, 11) is 0. The summed E-state index contributed by atoms with van der Waals surface area (Å²) in [5.74, 6) is 5.65. The van der Waals surface area contributed by atoms with E-state index in [4.69, 9.17) is 5.84 Å². The third-order valence-corrected chi connectivity index (χ3v) is 3.19. The minimum absolute atomic E-state index is 0.0972. The zero-order valence-corrected chi connectivity index (χ0v) is 12.7. The van der Waals surface area contributed by atoms with Gasteiger partial charge in [0, 0.05) is 6.54 Å². The summed E-state index contributed by atoms with van der Waals surface area (Å²) in [6.07, 6.45) is 6.97. The van der Waals surface area contributed by atoms with Gasteiger partial charge < -0.3 is 5.32 Å². The van der Waals surface area contributed by atoms with E-state index in [1.54, 1.807) is 6.92 Å². The summed E-state index contributed by atoms with van der Waals surface area (Å²) >= 11 is 0. The van der Waals surface area contributed by atoms with E-state index in [9.17, 15) is 10.1 Å². The molecule has 0 aromatic carbocycles. The fourth-order valence-electron chi connectivity index (χ4n) is 2.09. The molecule has 0 unspecified atom stereocenters. The Morgan fingerprint density at radius 2 is 1.86 bits per heavy atom. The number of nitrogens with two attached hydrogens (primary N) is 1. The summed E-state index contributed by atoms with van der Waals surface area (Å²) in [6, 6.07) is 0. The summed E-state index contributed by atoms with van der Waals surface area (Å²) in [5, 5.41) is 14.1. The van der Waals surface area contributed by atoms with Crippen LogP contribution in [0.25, 0.3) is 0 Å². The maximum absolute atomic E-state index is 11.1. The lowest BCUT2D eigenvalue weighted by molar-refractivity contribution is -0.385. The van der Waals surface area contributed by atoms with E-state index in [0.717, 1.165) is 12.8 Å². The highest BCUT2D eigenvalue weighted by Crippen LogP contribution is 2.26. The van der Waals surface area contributed by atoms with E-state index in [1.165, 1.54) is 25.7 Å². The Morgan fingerprint density at radius 1 is 1.19 bits per heavy atom. The van der Waals surface area contributed by atoms with Gasteiger partial charge in [0.15, 0.2) is 0 Å². The van der Waals surface area contributed by atoms with Crippen molar-refractivity contribution in [3.05, 3.63) is 15.8 Å². The van der Waals surface area contributed by atoms with Crippen molar-refractivity contribution in [3.8, 4) is 0 Å². The molecule has 118 valence electrons. The molecule has 0 aliphatic heterocycles. The number of nitrogen functional groups attached to an aromatic ring is 1. The van der Waals surface area contributed by atoms with E-state index < -0.39 is 4.92 Å². The Kier molecular flexibility index (Phi) is 7.38. The SMILES string of the molecule is CCCCCCCCNc1nc(NN)nc(C)c1[N+](=O)[O-]. The first kappa shape index (κ1) is 17.1. The first-order chi connectivity index (χ1) is 10.1. The van der Waals surface area contributed by atoms with Crippen LogP contribution in [-0.4, -0.2) is 21.4 Å². The lowest BCUT2D eigenvalue weighted by Crippen LogP contribution is -2.15. The number of unbranched alkanes of at least 4 members (excludes halogenated alkanes) is 5. The minimum Gasteiger partial charge on any atom is -0.364 e. The number of rotatable bonds is 10. The van der Waals surface area contributed by atoms with Gasteiger partial charge in [0.1, 0.15) is 5.69 Å². The monoisotopic (exact) mass is 296 g/mol. The Morgan fingerprint density at radius 3 is 2.48 bits per heavy atom. The Labute approximate surface area is 124 Å². The third-order valence-electron chi connectivity index (χ3n) is 3.19. The number of aryl methyl sites for hydroxylation is 1.